The number of hydrogen-bond donors (Lipinski definition) is 3. The van der Waals surface area contributed by atoms with E-state index in [1.165, 1.54) is 4.90 Å². The van der Waals surface area contributed by atoms with Crippen molar-refractivity contribution in [3.8, 4) is 0 Å². The number of aromatic nitrogens is 1. The lowest BCUT2D eigenvalue weighted by Gasteiger charge is -2.23. The van der Waals surface area contributed by atoms with Crippen LogP contribution < -0.4 is 16.0 Å². The first-order valence-electron chi connectivity index (χ1n) is 6.92. The summed E-state index contributed by atoms with van der Waals surface area (Å²) in [6, 6.07) is 3.04. The van der Waals surface area contributed by atoms with Crippen LogP contribution in [0.4, 0.5) is 10.5 Å². The minimum absolute atomic E-state index is 0.189. The second-order valence-corrected chi connectivity index (χ2v) is 4.66. The van der Waals surface area contributed by atoms with Gasteiger partial charge in [0.2, 0.25) is 5.91 Å². The van der Waals surface area contributed by atoms with Crippen molar-refractivity contribution in [3.63, 3.8) is 0 Å². The van der Waals surface area contributed by atoms with Crippen LogP contribution in [0.1, 0.15) is 13.3 Å². The monoisotopic (exact) mass is 293 g/mol. The van der Waals surface area contributed by atoms with Crippen LogP contribution in [0.5, 0.6) is 0 Å². The Morgan fingerprint density at radius 3 is 2.76 bits per heavy atom. The number of nitrogens with zero attached hydrogens (tertiary/aromatic N) is 2. The number of carbonyl (C=O) groups is 2. The fourth-order valence-corrected chi connectivity index (χ4v) is 1.67. The van der Waals surface area contributed by atoms with Crippen molar-refractivity contribution in [3.05, 3.63) is 24.5 Å². The number of pyridine rings is 1. The van der Waals surface area contributed by atoms with Gasteiger partial charge in [-0.15, -0.1) is 0 Å². The largest absolute Gasteiger partial charge is 0.384 e. The molecule has 1 aromatic rings. The van der Waals surface area contributed by atoms with Gasteiger partial charge in [-0.2, -0.15) is 0 Å². The van der Waals surface area contributed by atoms with Crippen LogP contribution in [0, 0.1) is 0 Å². The lowest BCUT2D eigenvalue weighted by molar-refractivity contribution is -0.124. The summed E-state index contributed by atoms with van der Waals surface area (Å²) in [5, 5.41) is 8.50. The van der Waals surface area contributed by atoms with Gasteiger partial charge >= 0.3 is 6.03 Å². The summed E-state index contributed by atoms with van der Waals surface area (Å²) < 4.78 is 0. The van der Waals surface area contributed by atoms with Gasteiger partial charge in [-0.05, 0) is 25.5 Å². The number of likely N-dealkylation sites (N-methyl/N-ethyl adjacent to an activating group) is 2. The molecule has 3 amide bonds. The predicted molar refractivity (Wildman–Crippen MR) is 82.0 cm³/mol. The van der Waals surface area contributed by atoms with E-state index in [0.29, 0.717) is 6.54 Å². The maximum atomic E-state index is 11.8. The molecule has 0 radical (unpaired) electrons. The molecule has 7 heteroatoms. The third-order valence-electron chi connectivity index (χ3n) is 3.15. The Kier molecular flexibility index (Phi) is 7.00. The summed E-state index contributed by atoms with van der Waals surface area (Å²) in [6.45, 7) is 2.96. The van der Waals surface area contributed by atoms with E-state index in [4.69, 9.17) is 0 Å². The van der Waals surface area contributed by atoms with Gasteiger partial charge in [0, 0.05) is 39.6 Å². The lowest BCUT2D eigenvalue weighted by Crippen LogP contribution is -2.49. The molecule has 21 heavy (non-hydrogen) atoms. The average Bonchev–Trinajstić information content (AvgIpc) is 2.53. The Morgan fingerprint density at radius 2 is 2.14 bits per heavy atom. The highest BCUT2D eigenvalue weighted by Crippen LogP contribution is 2.01. The number of rotatable bonds is 7. The quantitative estimate of drug-likeness (QED) is 0.645. The molecule has 0 bridgehead atoms. The number of urea groups is 1. The van der Waals surface area contributed by atoms with Gasteiger partial charge in [-0.1, -0.05) is 0 Å². The molecular formula is C14H23N5O2. The maximum absolute atomic E-state index is 11.8. The van der Waals surface area contributed by atoms with Crippen LogP contribution in [0.3, 0.4) is 0 Å². The number of amides is 3. The van der Waals surface area contributed by atoms with Gasteiger partial charge in [0.15, 0.2) is 0 Å². The van der Waals surface area contributed by atoms with Gasteiger partial charge < -0.3 is 20.9 Å². The Labute approximate surface area is 125 Å². The summed E-state index contributed by atoms with van der Waals surface area (Å²) in [4.78, 5) is 28.7. The highest BCUT2D eigenvalue weighted by Gasteiger charge is 2.20. The van der Waals surface area contributed by atoms with Gasteiger partial charge in [0.05, 0.1) is 5.69 Å². The molecule has 1 rings (SSSR count). The fourth-order valence-electron chi connectivity index (χ4n) is 1.67. The molecule has 0 fully saturated rings. The van der Waals surface area contributed by atoms with E-state index in [0.717, 1.165) is 18.7 Å². The van der Waals surface area contributed by atoms with Crippen molar-refractivity contribution in [1.82, 2.24) is 20.5 Å². The highest BCUT2D eigenvalue weighted by atomic mass is 16.2. The molecule has 1 aromatic heterocycles. The second-order valence-electron chi connectivity index (χ2n) is 4.66. The predicted octanol–water partition coefficient (Wildman–Crippen LogP) is 0.660. The summed E-state index contributed by atoms with van der Waals surface area (Å²) in [5.41, 5.74) is 0.953. The number of hydrogen-bond acceptors (Lipinski definition) is 4. The molecule has 116 valence electrons. The van der Waals surface area contributed by atoms with Crippen LogP contribution in [0.15, 0.2) is 24.5 Å². The van der Waals surface area contributed by atoms with Crippen molar-refractivity contribution in [2.24, 2.45) is 0 Å². The van der Waals surface area contributed by atoms with E-state index in [2.05, 4.69) is 20.9 Å². The third kappa shape index (κ3) is 5.68. The van der Waals surface area contributed by atoms with Crippen molar-refractivity contribution in [1.29, 1.82) is 0 Å². The summed E-state index contributed by atoms with van der Waals surface area (Å²) in [7, 11) is 3.15. The molecule has 1 atom stereocenters. The SMILES string of the molecule is CNC(=O)[C@@H](C)N(C)C(=O)NCCCNc1cccnc1. The molecule has 1 heterocycles. The number of anilines is 1. The first kappa shape index (κ1) is 16.7. The molecule has 0 aromatic carbocycles. The van der Waals surface area contributed by atoms with Gasteiger partial charge in [0.25, 0.3) is 0 Å². The lowest BCUT2D eigenvalue weighted by atomic mass is 10.3. The van der Waals surface area contributed by atoms with E-state index >= 15 is 0 Å². The second kappa shape index (κ2) is 8.78. The van der Waals surface area contributed by atoms with Crippen LogP contribution in [-0.4, -0.2) is 55.0 Å². The van der Waals surface area contributed by atoms with Crippen LogP contribution in [0.2, 0.25) is 0 Å². The van der Waals surface area contributed by atoms with Crippen LogP contribution in [-0.2, 0) is 4.79 Å². The zero-order valence-electron chi connectivity index (χ0n) is 12.7. The molecule has 0 saturated carbocycles. The Balaban J connectivity index is 2.20. The highest BCUT2D eigenvalue weighted by molar-refractivity contribution is 5.86. The van der Waals surface area contributed by atoms with E-state index in [1.807, 2.05) is 12.1 Å². The van der Waals surface area contributed by atoms with Gasteiger partial charge in [-0.25, -0.2) is 4.79 Å². The standard InChI is InChI=1S/C14H23N5O2/c1-11(13(20)15-2)19(3)14(21)18-9-5-8-17-12-6-4-7-16-10-12/h4,6-7,10-11,17H,5,8-9H2,1-3H3,(H,15,20)(H,18,21)/t11-/m1/s1. The Bertz CT molecular complexity index is 452. The topological polar surface area (TPSA) is 86.4 Å². The molecule has 0 aliphatic heterocycles. The van der Waals surface area contributed by atoms with Crippen LogP contribution >= 0.6 is 0 Å². The molecule has 0 unspecified atom stereocenters. The van der Waals surface area contributed by atoms with Gasteiger partial charge in [0.1, 0.15) is 6.04 Å². The first-order valence-corrected chi connectivity index (χ1v) is 6.92. The fraction of sp³-hybridized carbons (Fsp3) is 0.500. The van der Waals surface area contributed by atoms with E-state index in [1.54, 1.807) is 33.4 Å². The summed E-state index contributed by atoms with van der Waals surface area (Å²) in [6.07, 6.45) is 4.25. The molecule has 7 nitrogen and oxygen atoms in total. The molecule has 3 N–H and O–H groups in total. The van der Waals surface area contributed by atoms with Crippen molar-refractivity contribution >= 4 is 17.6 Å². The van der Waals surface area contributed by atoms with E-state index in [-0.39, 0.29) is 11.9 Å². The molecule has 0 spiro atoms. The maximum Gasteiger partial charge on any atom is 0.317 e. The summed E-state index contributed by atoms with van der Waals surface area (Å²) >= 11 is 0. The molecule has 0 aliphatic rings. The minimum atomic E-state index is -0.497. The van der Waals surface area contributed by atoms with Gasteiger partial charge in [-0.3, -0.25) is 9.78 Å². The van der Waals surface area contributed by atoms with Crippen molar-refractivity contribution in [2.75, 3.05) is 32.5 Å². The van der Waals surface area contributed by atoms with Crippen LogP contribution in [0.25, 0.3) is 0 Å². The number of carbonyl (C=O) groups excluding carboxylic acids is 2. The smallest absolute Gasteiger partial charge is 0.317 e. The normalized spacial score (nSPS) is 11.4. The van der Waals surface area contributed by atoms with Crippen molar-refractivity contribution < 1.29 is 9.59 Å². The Morgan fingerprint density at radius 1 is 1.38 bits per heavy atom. The molecular weight excluding hydrogens is 270 g/mol. The van der Waals surface area contributed by atoms with E-state index in [9.17, 15) is 9.59 Å². The zero-order chi connectivity index (χ0) is 15.7. The third-order valence-corrected chi connectivity index (χ3v) is 3.15. The first-order chi connectivity index (χ1) is 10.1. The number of nitrogens with one attached hydrogen (secondary N) is 3. The summed E-state index contributed by atoms with van der Waals surface area (Å²) in [5.74, 6) is -0.189. The zero-order valence-corrected chi connectivity index (χ0v) is 12.7. The molecule has 0 saturated heterocycles. The van der Waals surface area contributed by atoms with Crippen molar-refractivity contribution in [2.45, 2.75) is 19.4 Å². The molecule has 0 aliphatic carbocycles. The average molecular weight is 293 g/mol. The minimum Gasteiger partial charge on any atom is -0.384 e. The van der Waals surface area contributed by atoms with E-state index < -0.39 is 6.04 Å². The Hall–Kier alpha value is -2.31.